The number of methoxy groups -OCH3 is 1. The lowest BCUT2D eigenvalue weighted by atomic mass is 10.1. The predicted octanol–water partition coefficient (Wildman–Crippen LogP) is 3.26. The summed E-state index contributed by atoms with van der Waals surface area (Å²) in [4.78, 5) is 2.38. The van der Waals surface area contributed by atoms with Crippen molar-refractivity contribution < 1.29 is 4.74 Å². The van der Waals surface area contributed by atoms with Crippen LogP contribution in [0.3, 0.4) is 0 Å². The number of ether oxygens (including phenoxy) is 1. The van der Waals surface area contributed by atoms with E-state index in [-0.39, 0.29) is 0 Å². The number of hydrogen-bond donors (Lipinski definition) is 1. The summed E-state index contributed by atoms with van der Waals surface area (Å²) in [5, 5.41) is 3.19. The van der Waals surface area contributed by atoms with Crippen LogP contribution >= 0.6 is 0 Å². The van der Waals surface area contributed by atoms with E-state index in [1.807, 2.05) is 19.2 Å². The first-order valence-electron chi connectivity index (χ1n) is 6.48. The van der Waals surface area contributed by atoms with E-state index in [9.17, 15) is 0 Å². The van der Waals surface area contributed by atoms with Gasteiger partial charge >= 0.3 is 0 Å². The van der Waals surface area contributed by atoms with Crippen LogP contribution in [0, 0.1) is 0 Å². The van der Waals surface area contributed by atoms with Crippen LogP contribution in [0.2, 0.25) is 0 Å². The molecule has 2 aromatic rings. The van der Waals surface area contributed by atoms with Crippen LogP contribution in [0.25, 0.3) is 0 Å². The first-order valence-corrected chi connectivity index (χ1v) is 6.48. The van der Waals surface area contributed by atoms with E-state index in [1.165, 1.54) is 22.5 Å². The average molecular weight is 254 g/mol. The second-order valence-electron chi connectivity index (χ2n) is 4.79. The van der Waals surface area contributed by atoms with E-state index in [2.05, 4.69) is 40.5 Å². The molecular formula is C16H18N2O. The molecule has 1 aliphatic rings. The molecule has 0 unspecified atom stereocenters. The van der Waals surface area contributed by atoms with Crippen molar-refractivity contribution in [1.29, 1.82) is 0 Å². The quantitative estimate of drug-likeness (QED) is 0.910. The van der Waals surface area contributed by atoms with Crippen molar-refractivity contribution in [1.82, 2.24) is 0 Å². The van der Waals surface area contributed by atoms with Crippen molar-refractivity contribution in [2.75, 3.05) is 24.4 Å². The average Bonchev–Trinajstić information content (AvgIpc) is 2.90. The van der Waals surface area contributed by atoms with Gasteiger partial charge in [-0.1, -0.05) is 6.07 Å². The zero-order valence-corrected chi connectivity index (χ0v) is 11.3. The Kier molecular flexibility index (Phi) is 3.03. The number of rotatable bonds is 3. The third kappa shape index (κ3) is 2.24. The summed E-state index contributed by atoms with van der Waals surface area (Å²) in [6.07, 6.45) is 0. The minimum absolute atomic E-state index is 0.901. The highest BCUT2D eigenvalue weighted by Crippen LogP contribution is 2.30. The van der Waals surface area contributed by atoms with Crippen LogP contribution in [-0.4, -0.2) is 14.2 Å². The molecule has 1 heterocycles. The summed E-state index contributed by atoms with van der Waals surface area (Å²) in [5.41, 5.74) is 5.23. The molecule has 0 atom stereocenters. The lowest BCUT2D eigenvalue weighted by Crippen LogP contribution is -2.14. The molecule has 3 rings (SSSR count). The number of nitrogens with one attached hydrogen (secondary N) is 1. The molecule has 0 aromatic heterocycles. The fourth-order valence-electron chi connectivity index (χ4n) is 2.53. The largest absolute Gasteiger partial charge is 0.497 e. The SMILES string of the molecule is CNc1ccc2c(c1)CN(c1ccc(OC)cc1)C2. The fraction of sp³-hybridized carbons (Fsp3) is 0.250. The number of hydrogen-bond acceptors (Lipinski definition) is 3. The molecule has 2 aromatic carbocycles. The predicted molar refractivity (Wildman–Crippen MR) is 78.9 cm³/mol. The summed E-state index contributed by atoms with van der Waals surface area (Å²) < 4.78 is 5.20. The Labute approximate surface area is 113 Å². The molecule has 0 fully saturated rings. The summed E-state index contributed by atoms with van der Waals surface area (Å²) in [6, 6.07) is 14.8. The van der Waals surface area contributed by atoms with Crippen molar-refractivity contribution in [3.63, 3.8) is 0 Å². The molecule has 1 aliphatic heterocycles. The Morgan fingerprint density at radius 3 is 2.42 bits per heavy atom. The first-order chi connectivity index (χ1) is 9.30. The minimum atomic E-state index is 0.901. The summed E-state index contributed by atoms with van der Waals surface area (Å²) >= 11 is 0. The van der Waals surface area contributed by atoms with Crippen LogP contribution in [0.1, 0.15) is 11.1 Å². The molecule has 0 amide bonds. The van der Waals surface area contributed by atoms with Gasteiger partial charge in [-0.3, -0.25) is 0 Å². The molecule has 19 heavy (non-hydrogen) atoms. The smallest absolute Gasteiger partial charge is 0.119 e. The van der Waals surface area contributed by atoms with Crippen LogP contribution in [0.15, 0.2) is 42.5 Å². The Balaban J connectivity index is 1.82. The van der Waals surface area contributed by atoms with Gasteiger partial charge in [0.25, 0.3) is 0 Å². The van der Waals surface area contributed by atoms with Crippen molar-refractivity contribution in [2.45, 2.75) is 13.1 Å². The topological polar surface area (TPSA) is 24.5 Å². The van der Waals surface area contributed by atoms with E-state index in [0.29, 0.717) is 0 Å². The minimum Gasteiger partial charge on any atom is -0.497 e. The summed E-state index contributed by atoms with van der Waals surface area (Å²) in [6.45, 7) is 1.95. The molecule has 0 radical (unpaired) electrons. The van der Waals surface area contributed by atoms with Crippen molar-refractivity contribution >= 4 is 11.4 Å². The molecule has 0 saturated carbocycles. The number of nitrogens with zero attached hydrogens (tertiary/aromatic N) is 1. The second-order valence-corrected chi connectivity index (χ2v) is 4.79. The highest BCUT2D eigenvalue weighted by atomic mass is 16.5. The monoisotopic (exact) mass is 254 g/mol. The summed E-state index contributed by atoms with van der Waals surface area (Å²) in [7, 11) is 3.65. The first kappa shape index (κ1) is 11.9. The van der Waals surface area contributed by atoms with Gasteiger partial charge in [-0.05, 0) is 47.5 Å². The molecule has 0 bridgehead atoms. The van der Waals surface area contributed by atoms with Gasteiger partial charge in [-0.25, -0.2) is 0 Å². The molecule has 0 aliphatic carbocycles. The highest BCUT2D eigenvalue weighted by molar-refractivity contribution is 5.57. The molecule has 0 spiro atoms. The van der Waals surface area contributed by atoms with Gasteiger partial charge < -0.3 is 15.0 Å². The van der Waals surface area contributed by atoms with E-state index in [0.717, 1.165) is 18.8 Å². The Hall–Kier alpha value is -2.16. The maximum atomic E-state index is 5.20. The van der Waals surface area contributed by atoms with Crippen molar-refractivity contribution in [2.24, 2.45) is 0 Å². The number of anilines is 2. The Morgan fingerprint density at radius 2 is 1.74 bits per heavy atom. The molecule has 98 valence electrons. The second kappa shape index (κ2) is 4.84. The van der Waals surface area contributed by atoms with Gasteiger partial charge in [-0.15, -0.1) is 0 Å². The van der Waals surface area contributed by atoms with E-state index < -0.39 is 0 Å². The van der Waals surface area contributed by atoms with Crippen LogP contribution < -0.4 is 15.0 Å². The van der Waals surface area contributed by atoms with Crippen LogP contribution in [-0.2, 0) is 13.1 Å². The molecule has 1 N–H and O–H groups in total. The summed E-state index contributed by atoms with van der Waals surface area (Å²) in [5.74, 6) is 0.901. The maximum absolute atomic E-state index is 5.20. The van der Waals surface area contributed by atoms with Gasteiger partial charge in [0.2, 0.25) is 0 Å². The fourth-order valence-corrected chi connectivity index (χ4v) is 2.53. The van der Waals surface area contributed by atoms with Crippen LogP contribution in [0.5, 0.6) is 5.75 Å². The van der Waals surface area contributed by atoms with Gasteiger partial charge in [0, 0.05) is 31.5 Å². The lowest BCUT2D eigenvalue weighted by molar-refractivity contribution is 0.415. The normalized spacial score (nSPS) is 13.3. The standard InChI is InChI=1S/C16H18N2O/c1-17-14-4-3-12-10-18(11-13(12)9-14)15-5-7-16(19-2)8-6-15/h3-9,17H,10-11H2,1-2H3. The van der Waals surface area contributed by atoms with Gasteiger partial charge in [-0.2, -0.15) is 0 Å². The molecule has 3 heteroatoms. The van der Waals surface area contributed by atoms with E-state index in [1.54, 1.807) is 7.11 Å². The van der Waals surface area contributed by atoms with Gasteiger partial charge in [0.05, 0.1) is 7.11 Å². The Morgan fingerprint density at radius 1 is 1.00 bits per heavy atom. The third-order valence-electron chi connectivity index (χ3n) is 3.65. The van der Waals surface area contributed by atoms with Gasteiger partial charge in [0.15, 0.2) is 0 Å². The zero-order chi connectivity index (χ0) is 13.2. The molecular weight excluding hydrogens is 236 g/mol. The van der Waals surface area contributed by atoms with Crippen molar-refractivity contribution in [3.8, 4) is 5.75 Å². The van der Waals surface area contributed by atoms with Crippen LogP contribution in [0.4, 0.5) is 11.4 Å². The van der Waals surface area contributed by atoms with E-state index in [4.69, 9.17) is 4.74 Å². The van der Waals surface area contributed by atoms with Gasteiger partial charge in [0.1, 0.15) is 5.75 Å². The Bertz CT molecular complexity index is 578. The zero-order valence-electron chi connectivity index (χ0n) is 11.3. The molecule has 0 saturated heterocycles. The third-order valence-corrected chi connectivity index (χ3v) is 3.65. The van der Waals surface area contributed by atoms with Crippen molar-refractivity contribution in [3.05, 3.63) is 53.6 Å². The maximum Gasteiger partial charge on any atom is 0.119 e. The number of fused-ring (bicyclic) bond motifs is 1. The van der Waals surface area contributed by atoms with E-state index >= 15 is 0 Å². The highest BCUT2D eigenvalue weighted by Gasteiger charge is 2.19. The number of benzene rings is 2. The molecule has 3 nitrogen and oxygen atoms in total. The lowest BCUT2D eigenvalue weighted by Gasteiger charge is -2.17.